The van der Waals surface area contributed by atoms with Crippen LogP contribution in [0.15, 0.2) is 39.8 Å². The molecule has 29 heavy (non-hydrogen) atoms. The number of hydrogen-bond donors (Lipinski definition) is 1. The average molecular weight is 511 g/mol. The summed E-state index contributed by atoms with van der Waals surface area (Å²) in [6.07, 6.45) is 3.04. The number of likely N-dealkylation sites (tertiary alicyclic amines) is 1. The second kappa shape index (κ2) is 11.5. The highest BCUT2D eigenvalue weighted by atomic mass is 127. The molecule has 1 aromatic heterocycles. The molecule has 0 aliphatic carbocycles. The first-order valence-electron chi connectivity index (χ1n) is 10.4. The second-order valence-corrected chi connectivity index (χ2v) is 7.85. The molecule has 7 heteroatoms. The predicted molar refractivity (Wildman–Crippen MR) is 128 cm³/mol. The van der Waals surface area contributed by atoms with Crippen molar-refractivity contribution in [3.8, 4) is 0 Å². The molecule has 2 aromatic rings. The molecule has 2 atom stereocenters. The van der Waals surface area contributed by atoms with Gasteiger partial charge in [-0.2, -0.15) is 4.98 Å². The topological polar surface area (TPSA) is 66.5 Å². The van der Waals surface area contributed by atoms with Crippen molar-refractivity contribution in [2.75, 3.05) is 26.7 Å². The van der Waals surface area contributed by atoms with Gasteiger partial charge in [-0.05, 0) is 23.8 Å². The molecule has 6 nitrogen and oxygen atoms in total. The molecule has 0 bridgehead atoms. The monoisotopic (exact) mass is 511 g/mol. The molecule has 3 rings (SSSR count). The van der Waals surface area contributed by atoms with Gasteiger partial charge >= 0.3 is 0 Å². The van der Waals surface area contributed by atoms with Crippen molar-refractivity contribution >= 4 is 29.9 Å². The summed E-state index contributed by atoms with van der Waals surface area (Å²) < 4.78 is 5.33. The van der Waals surface area contributed by atoms with Crippen LogP contribution in [0.4, 0.5) is 0 Å². The van der Waals surface area contributed by atoms with Crippen LogP contribution >= 0.6 is 24.0 Å². The number of halogens is 1. The Balaban J connectivity index is 0.00000300. The maximum Gasteiger partial charge on any atom is 0.228 e. The molecule has 1 aromatic carbocycles. The normalized spacial score (nSPS) is 19.9. The van der Waals surface area contributed by atoms with Gasteiger partial charge in [-0.15, -0.1) is 24.0 Å². The molecule has 0 saturated carbocycles. The van der Waals surface area contributed by atoms with Crippen LogP contribution in [0.1, 0.15) is 62.7 Å². The number of nitrogens with one attached hydrogen (secondary N) is 1. The minimum Gasteiger partial charge on any atom is -0.356 e. The van der Waals surface area contributed by atoms with E-state index in [0.717, 1.165) is 37.8 Å². The van der Waals surface area contributed by atoms with Gasteiger partial charge in [0.1, 0.15) is 0 Å². The molecule has 1 aliphatic heterocycles. The molecular weight excluding hydrogens is 477 g/mol. The van der Waals surface area contributed by atoms with Crippen molar-refractivity contribution in [2.45, 2.75) is 51.9 Å². The maximum atomic E-state index is 5.33. The highest BCUT2D eigenvalue weighted by Gasteiger charge is 2.30. The fourth-order valence-electron chi connectivity index (χ4n) is 3.99. The van der Waals surface area contributed by atoms with Crippen LogP contribution in [0.3, 0.4) is 0 Å². The number of nitrogens with zero attached hydrogens (tertiary/aromatic N) is 4. The van der Waals surface area contributed by atoms with Crippen LogP contribution in [0.2, 0.25) is 0 Å². The molecule has 1 N–H and O–H groups in total. The number of benzene rings is 1. The predicted octanol–water partition coefficient (Wildman–Crippen LogP) is 4.44. The number of rotatable bonds is 6. The number of hydrogen-bond acceptors (Lipinski definition) is 4. The Kier molecular flexibility index (Phi) is 9.39. The van der Waals surface area contributed by atoms with Crippen LogP contribution in [0, 0.1) is 5.92 Å². The van der Waals surface area contributed by atoms with Gasteiger partial charge < -0.3 is 14.7 Å². The molecule has 1 saturated heterocycles. The number of aliphatic imine (C=N–C) groups is 1. The third kappa shape index (κ3) is 6.17. The van der Waals surface area contributed by atoms with Crippen molar-refractivity contribution in [1.82, 2.24) is 20.4 Å². The van der Waals surface area contributed by atoms with Gasteiger partial charge in [-0.25, -0.2) is 0 Å². The second-order valence-electron chi connectivity index (χ2n) is 7.85. The largest absolute Gasteiger partial charge is 0.356 e. The van der Waals surface area contributed by atoms with E-state index in [2.05, 4.69) is 76.5 Å². The number of aromatic nitrogens is 2. The number of guanidine groups is 1. The third-order valence-corrected chi connectivity index (χ3v) is 5.62. The summed E-state index contributed by atoms with van der Waals surface area (Å²) in [5, 5.41) is 7.50. The lowest BCUT2D eigenvalue weighted by atomic mass is 9.79. The standard InChI is InChI=1S/C22H33N5O.HI/c1-5-17-15-27(14-12-19(17)18-9-7-6-8-10-18)22(23-4)24-13-11-20-25-21(16(2)3)26-28-20;/h6-10,16-17,19H,5,11-15H2,1-4H3,(H,23,24);1H. The average Bonchev–Trinajstić information content (AvgIpc) is 3.21. The van der Waals surface area contributed by atoms with E-state index in [-0.39, 0.29) is 29.9 Å². The zero-order chi connectivity index (χ0) is 19.9. The van der Waals surface area contributed by atoms with E-state index in [1.807, 2.05) is 7.05 Å². The van der Waals surface area contributed by atoms with E-state index < -0.39 is 0 Å². The minimum absolute atomic E-state index is 0. The summed E-state index contributed by atoms with van der Waals surface area (Å²) in [6, 6.07) is 10.9. The zero-order valence-electron chi connectivity index (χ0n) is 18.0. The van der Waals surface area contributed by atoms with Gasteiger partial charge in [-0.1, -0.05) is 62.7 Å². The third-order valence-electron chi connectivity index (χ3n) is 5.62. The van der Waals surface area contributed by atoms with Crippen LogP contribution in [0.5, 0.6) is 0 Å². The highest BCUT2D eigenvalue weighted by Crippen LogP contribution is 2.34. The van der Waals surface area contributed by atoms with E-state index in [1.54, 1.807) is 0 Å². The summed E-state index contributed by atoms with van der Waals surface area (Å²) >= 11 is 0. The Hall–Kier alpha value is -1.64. The Morgan fingerprint density at radius 2 is 2.07 bits per heavy atom. The van der Waals surface area contributed by atoms with Crippen molar-refractivity contribution in [3.63, 3.8) is 0 Å². The fourth-order valence-corrected chi connectivity index (χ4v) is 3.99. The molecule has 0 radical (unpaired) electrons. The molecular formula is C22H34IN5O. The van der Waals surface area contributed by atoms with Crippen LogP contribution in [-0.2, 0) is 6.42 Å². The van der Waals surface area contributed by atoms with Gasteiger partial charge in [0, 0.05) is 39.0 Å². The molecule has 0 spiro atoms. The Labute approximate surface area is 191 Å². The van der Waals surface area contributed by atoms with Gasteiger partial charge in [0.25, 0.3) is 0 Å². The summed E-state index contributed by atoms with van der Waals surface area (Å²) in [7, 11) is 1.86. The molecule has 2 heterocycles. The Morgan fingerprint density at radius 3 is 2.69 bits per heavy atom. The summed E-state index contributed by atoms with van der Waals surface area (Å²) in [4.78, 5) is 11.3. The molecule has 1 aliphatic rings. The molecule has 2 unspecified atom stereocenters. The van der Waals surface area contributed by atoms with E-state index in [4.69, 9.17) is 4.52 Å². The van der Waals surface area contributed by atoms with Crippen LogP contribution in [0.25, 0.3) is 0 Å². The SMILES string of the molecule is CCC1CN(C(=NC)NCCc2nc(C(C)C)no2)CCC1c1ccccc1.I. The van der Waals surface area contributed by atoms with Crippen molar-refractivity contribution in [2.24, 2.45) is 10.9 Å². The zero-order valence-corrected chi connectivity index (χ0v) is 20.3. The smallest absolute Gasteiger partial charge is 0.228 e. The van der Waals surface area contributed by atoms with Crippen molar-refractivity contribution < 1.29 is 4.52 Å². The van der Waals surface area contributed by atoms with Gasteiger partial charge in [0.2, 0.25) is 5.89 Å². The summed E-state index contributed by atoms with van der Waals surface area (Å²) in [5.74, 6) is 3.98. The van der Waals surface area contributed by atoms with E-state index in [0.29, 0.717) is 24.1 Å². The van der Waals surface area contributed by atoms with Crippen LogP contribution < -0.4 is 5.32 Å². The molecule has 160 valence electrons. The van der Waals surface area contributed by atoms with Crippen molar-refractivity contribution in [3.05, 3.63) is 47.6 Å². The van der Waals surface area contributed by atoms with Gasteiger partial charge in [0.05, 0.1) is 0 Å². The van der Waals surface area contributed by atoms with E-state index >= 15 is 0 Å². The Morgan fingerprint density at radius 1 is 1.31 bits per heavy atom. The fraction of sp³-hybridized carbons (Fsp3) is 0.591. The van der Waals surface area contributed by atoms with Gasteiger partial charge in [-0.3, -0.25) is 4.99 Å². The first-order chi connectivity index (χ1) is 13.6. The van der Waals surface area contributed by atoms with Gasteiger partial charge in [0.15, 0.2) is 11.8 Å². The Bertz CT molecular complexity index is 762. The molecule has 1 fully saturated rings. The van der Waals surface area contributed by atoms with E-state index in [1.165, 1.54) is 12.0 Å². The summed E-state index contributed by atoms with van der Waals surface area (Å²) in [5.41, 5.74) is 1.47. The number of piperidine rings is 1. The lowest BCUT2D eigenvalue weighted by Gasteiger charge is -2.40. The highest BCUT2D eigenvalue weighted by molar-refractivity contribution is 14.0. The first-order valence-corrected chi connectivity index (χ1v) is 10.4. The minimum atomic E-state index is 0. The lowest BCUT2D eigenvalue weighted by Crippen LogP contribution is -2.48. The summed E-state index contributed by atoms with van der Waals surface area (Å²) in [6.45, 7) is 9.22. The van der Waals surface area contributed by atoms with Crippen LogP contribution in [-0.4, -0.2) is 47.7 Å². The maximum absolute atomic E-state index is 5.33. The van der Waals surface area contributed by atoms with E-state index in [9.17, 15) is 0 Å². The lowest BCUT2D eigenvalue weighted by molar-refractivity contribution is 0.215. The first kappa shape index (κ1) is 23.6. The molecule has 0 amide bonds. The van der Waals surface area contributed by atoms with Crippen molar-refractivity contribution in [1.29, 1.82) is 0 Å². The quantitative estimate of drug-likeness (QED) is 0.353.